The molecular weight excluding hydrogens is 418 g/mol. The summed E-state index contributed by atoms with van der Waals surface area (Å²) in [7, 11) is 0. The summed E-state index contributed by atoms with van der Waals surface area (Å²) < 4.78 is 6.69. The van der Waals surface area contributed by atoms with Gasteiger partial charge in [0.15, 0.2) is 16.5 Å². The van der Waals surface area contributed by atoms with Crippen LogP contribution in [-0.4, -0.2) is 27.0 Å². The smallest absolute Gasteiger partial charge is 0.330 e. The fourth-order valence-electron chi connectivity index (χ4n) is 3.25. The number of aromatic nitrogens is 3. The molecule has 0 aliphatic carbocycles. The van der Waals surface area contributed by atoms with E-state index in [0.29, 0.717) is 22.2 Å². The van der Waals surface area contributed by atoms with Gasteiger partial charge < -0.3 is 10.2 Å². The van der Waals surface area contributed by atoms with Crippen LogP contribution in [0.5, 0.6) is 0 Å². The van der Waals surface area contributed by atoms with Crippen molar-refractivity contribution in [3.63, 3.8) is 0 Å². The minimum atomic E-state index is -0.698. The maximum atomic E-state index is 13.6. The zero-order valence-corrected chi connectivity index (χ0v) is 19.1. The van der Waals surface area contributed by atoms with Crippen molar-refractivity contribution in [2.45, 2.75) is 41.2 Å². The molecule has 3 aromatic heterocycles. The van der Waals surface area contributed by atoms with Crippen molar-refractivity contribution >= 4 is 28.7 Å². The number of furan rings is 1. The molecule has 10 heteroatoms. The Bertz CT molecular complexity index is 1190. The molecule has 0 fully saturated rings. The van der Waals surface area contributed by atoms with E-state index in [1.54, 1.807) is 19.1 Å². The average molecular weight is 446 g/mol. The third-order valence-corrected chi connectivity index (χ3v) is 5.54. The Morgan fingerprint density at radius 2 is 2.00 bits per heavy atom. The topological polar surface area (TPSA) is 127 Å². The molecule has 0 aliphatic heterocycles. The highest BCUT2D eigenvalue weighted by molar-refractivity contribution is 7.15. The summed E-state index contributed by atoms with van der Waals surface area (Å²) in [5.41, 5.74) is 5.15. The van der Waals surface area contributed by atoms with Gasteiger partial charge in [-0.1, -0.05) is 27.7 Å². The molecule has 0 aliphatic rings. The van der Waals surface area contributed by atoms with E-state index in [1.807, 2.05) is 27.7 Å². The lowest BCUT2D eigenvalue weighted by molar-refractivity contribution is 0.0979. The van der Waals surface area contributed by atoms with Crippen LogP contribution in [0.15, 0.2) is 32.4 Å². The number of aromatic amines is 1. The number of nitrogens with two attached hydrogens (primary N) is 1. The lowest BCUT2D eigenvalue weighted by Crippen LogP contribution is -2.43. The largest absolute Gasteiger partial charge is 0.462 e. The van der Waals surface area contributed by atoms with Crippen LogP contribution in [0, 0.1) is 18.8 Å². The zero-order valence-electron chi connectivity index (χ0n) is 18.3. The minimum absolute atomic E-state index is 0.0319. The molecule has 9 nitrogen and oxygen atoms in total. The number of anilines is 2. The van der Waals surface area contributed by atoms with Crippen LogP contribution in [0.1, 0.15) is 43.1 Å². The van der Waals surface area contributed by atoms with Crippen LogP contribution < -0.4 is 21.9 Å². The lowest BCUT2D eigenvalue weighted by atomic mass is 10.1. The number of aryl methyl sites for hydroxylation is 1. The van der Waals surface area contributed by atoms with Crippen molar-refractivity contribution in [1.29, 1.82) is 0 Å². The van der Waals surface area contributed by atoms with Crippen molar-refractivity contribution in [2.24, 2.45) is 11.8 Å². The highest BCUT2D eigenvalue weighted by Gasteiger charge is 2.29. The molecule has 3 N–H and O–H groups in total. The third-order valence-electron chi connectivity index (χ3n) is 4.56. The molecular formula is C21H27N5O4S. The number of nitrogens with one attached hydrogen (secondary N) is 1. The van der Waals surface area contributed by atoms with Crippen LogP contribution in [-0.2, 0) is 6.54 Å². The number of amides is 1. The molecule has 3 aromatic rings. The van der Waals surface area contributed by atoms with Crippen LogP contribution in [0.2, 0.25) is 0 Å². The number of nitrogen functional groups attached to an aromatic ring is 1. The SMILES string of the molecule is Cc1sc(-c2ccco2)nc1C(=O)N(CC(C)C)c1c(N)n(CC(C)C)c(=O)[nH]c1=O. The third kappa shape index (κ3) is 4.63. The second kappa shape index (κ2) is 8.93. The molecule has 31 heavy (non-hydrogen) atoms. The van der Waals surface area contributed by atoms with Gasteiger partial charge in [-0.2, -0.15) is 0 Å². The zero-order chi connectivity index (χ0) is 22.9. The van der Waals surface area contributed by atoms with E-state index in [1.165, 1.54) is 27.1 Å². The maximum Gasteiger partial charge on any atom is 0.330 e. The normalized spacial score (nSPS) is 11.5. The standard InChI is InChI=1S/C21H27N5O4S/c1-11(2)9-25(16-17(22)26(10-12(3)4)21(29)24-18(16)27)20(28)15-13(5)31-19(23-15)14-7-6-8-30-14/h6-8,11-12H,9-10,22H2,1-5H3,(H,24,27,29). The van der Waals surface area contributed by atoms with Gasteiger partial charge in [0, 0.05) is 18.0 Å². The van der Waals surface area contributed by atoms with Gasteiger partial charge in [-0.15, -0.1) is 11.3 Å². The summed E-state index contributed by atoms with van der Waals surface area (Å²) >= 11 is 1.33. The monoisotopic (exact) mass is 445 g/mol. The first-order valence-corrected chi connectivity index (χ1v) is 10.9. The Morgan fingerprint density at radius 3 is 2.58 bits per heavy atom. The number of hydrogen-bond acceptors (Lipinski definition) is 7. The van der Waals surface area contributed by atoms with Gasteiger partial charge in [0.1, 0.15) is 11.5 Å². The lowest BCUT2D eigenvalue weighted by Gasteiger charge is -2.26. The molecule has 0 radical (unpaired) electrons. The van der Waals surface area contributed by atoms with Crippen molar-refractivity contribution in [1.82, 2.24) is 14.5 Å². The summed E-state index contributed by atoms with van der Waals surface area (Å²) in [6.07, 6.45) is 1.54. The molecule has 166 valence electrons. The van der Waals surface area contributed by atoms with Crippen LogP contribution in [0.25, 0.3) is 10.8 Å². The maximum absolute atomic E-state index is 13.6. The van der Waals surface area contributed by atoms with Gasteiger partial charge in [-0.3, -0.25) is 24.0 Å². The summed E-state index contributed by atoms with van der Waals surface area (Å²) in [6, 6.07) is 3.51. The van der Waals surface area contributed by atoms with Crippen LogP contribution in [0.4, 0.5) is 11.5 Å². The van der Waals surface area contributed by atoms with Gasteiger partial charge in [-0.05, 0) is 30.9 Å². The number of carbonyl (C=O) groups is 1. The number of rotatable bonds is 7. The van der Waals surface area contributed by atoms with E-state index in [4.69, 9.17) is 10.2 Å². The van der Waals surface area contributed by atoms with E-state index in [9.17, 15) is 14.4 Å². The number of H-pyrrole nitrogens is 1. The van der Waals surface area contributed by atoms with Gasteiger partial charge in [0.2, 0.25) is 0 Å². The van der Waals surface area contributed by atoms with Crippen molar-refractivity contribution in [3.05, 3.63) is 49.8 Å². The molecule has 0 unspecified atom stereocenters. The number of nitrogens with zero attached hydrogens (tertiary/aromatic N) is 3. The van der Waals surface area contributed by atoms with Crippen LogP contribution >= 0.6 is 11.3 Å². The Balaban J connectivity index is 2.13. The molecule has 3 heterocycles. The van der Waals surface area contributed by atoms with Gasteiger partial charge >= 0.3 is 5.69 Å². The van der Waals surface area contributed by atoms with Gasteiger partial charge in [-0.25, -0.2) is 9.78 Å². The first-order chi connectivity index (χ1) is 14.6. The summed E-state index contributed by atoms with van der Waals surface area (Å²) in [6.45, 7) is 10.1. The highest BCUT2D eigenvalue weighted by Crippen LogP contribution is 2.30. The second-order valence-corrected chi connectivity index (χ2v) is 9.41. The summed E-state index contributed by atoms with van der Waals surface area (Å²) in [5.74, 6) is 0.231. The Labute approximate surface area is 183 Å². The quantitative estimate of drug-likeness (QED) is 0.575. The van der Waals surface area contributed by atoms with Crippen molar-refractivity contribution in [2.75, 3.05) is 17.2 Å². The molecule has 0 spiro atoms. The van der Waals surface area contributed by atoms with E-state index in [0.717, 1.165) is 0 Å². The van der Waals surface area contributed by atoms with Crippen LogP contribution in [0.3, 0.4) is 0 Å². The predicted octanol–water partition coefficient (Wildman–Crippen LogP) is 3.10. The van der Waals surface area contributed by atoms with E-state index in [2.05, 4.69) is 9.97 Å². The van der Waals surface area contributed by atoms with Crippen molar-refractivity contribution in [3.8, 4) is 10.8 Å². The van der Waals surface area contributed by atoms with Gasteiger partial charge in [0.25, 0.3) is 11.5 Å². The fraction of sp³-hybridized carbons (Fsp3) is 0.429. The number of hydrogen-bond donors (Lipinski definition) is 2. The minimum Gasteiger partial charge on any atom is -0.462 e. The summed E-state index contributed by atoms with van der Waals surface area (Å²) in [5, 5.41) is 0.571. The first-order valence-electron chi connectivity index (χ1n) is 10.1. The van der Waals surface area contributed by atoms with E-state index in [-0.39, 0.29) is 35.6 Å². The van der Waals surface area contributed by atoms with Crippen molar-refractivity contribution < 1.29 is 9.21 Å². The Morgan fingerprint density at radius 1 is 1.29 bits per heavy atom. The van der Waals surface area contributed by atoms with E-state index < -0.39 is 17.2 Å². The summed E-state index contributed by atoms with van der Waals surface area (Å²) in [4.78, 5) is 47.4. The first kappa shape index (κ1) is 22.5. The molecule has 3 rings (SSSR count). The molecule has 0 saturated heterocycles. The van der Waals surface area contributed by atoms with Gasteiger partial charge in [0.05, 0.1) is 6.26 Å². The Hall–Kier alpha value is -3.14. The molecule has 0 aromatic carbocycles. The highest BCUT2D eigenvalue weighted by atomic mass is 32.1. The number of carbonyl (C=O) groups excluding carboxylic acids is 1. The molecule has 0 saturated carbocycles. The Kier molecular flexibility index (Phi) is 6.49. The number of thiazole rings is 1. The second-order valence-electron chi connectivity index (χ2n) is 8.21. The van der Waals surface area contributed by atoms with E-state index >= 15 is 0 Å². The fourth-order valence-corrected chi connectivity index (χ4v) is 4.13. The average Bonchev–Trinajstić information content (AvgIpc) is 3.32. The molecule has 1 amide bonds. The molecule has 0 atom stereocenters. The molecule has 0 bridgehead atoms. The predicted molar refractivity (Wildman–Crippen MR) is 122 cm³/mol.